The van der Waals surface area contributed by atoms with Gasteiger partial charge in [0.05, 0.1) is 36.4 Å². The highest BCUT2D eigenvalue weighted by atomic mass is 16.4. The highest BCUT2D eigenvalue weighted by Crippen LogP contribution is 2.21. The molecule has 434 valence electrons. The number of aliphatic imine (C=N–C) groups is 1. The third-order valence-corrected chi connectivity index (χ3v) is 12.3. The summed E-state index contributed by atoms with van der Waals surface area (Å²) in [6, 6.07) is -1.75. The summed E-state index contributed by atoms with van der Waals surface area (Å²) in [7, 11) is 0. The molecule has 0 unspecified atom stereocenters. The molecular weight excluding hydrogens is 1020 g/mol. The van der Waals surface area contributed by atoms with E-state index in [-0.39, 0.29) is 77.1 Å². The second-order valence-electron chi connectivity index (χ2n) is 18.4. The van der Waals surface area contributed by atoms with E-state index in [1.165, 1.54) is 23.1 Å². The van der Waals surface area contributed by atoms with Crippen molar-refractivity contribution in [1.82, 2.24) is 42.1 Å². The van der Waals surface area contributed by atoms with Crippen LogP contribution in [0, 0.1) is 11.3 Å². The molecule has 30 heteroatoms. The number of carbonyl (C=O) groups is 9. The number of likely N-dealkylation sites (tertiary alicyclic amines) is 1. The SMILES string of the molecule is N#Cc1ccc(C[C@H](NC(=O)[C@@H]2CCCN2C(=O)[C@@H](CCCN)NC(=O)CNC(=O)[C@@H](NC(=O)[C@@H](NC(=O)[C@@H](N)CCCCN)[C@@H](O)CN)[C@@H](O)CN)C(=O)N[C@@H](CCCCN)C(=O)N/C(=C\CCN=C(N)N)C(=O)O)cc1. The number of benzene rings is 1. The minimum Gasteiger partial charge on any atom is -0.477 e. The number of hydrogen-bond donors (Lipinski definition) is 18. The van der Waals surface area contributed by atoms with Crippen LogP contribution < -0.4 is 83.1 Å². The number of carboxylic acids is 1. The van der Waals surface area contributed by atoms with Crippen molar-refractivity contribution in [3.8, 4) is 6.07 Å². The van der Waals surface area contributed by atoms with Crippen LogP contribution >= 0.6 is 0 Å². The first-order valence-electron chi connectivity index (χ1n) is 25.7. The van der Waals surface area contributed by atoms with Crippen molar-refractivity contribution >= 4 is 59.2 Å². The van der Waals surface area contributed by atoms with Crippen LogP contribution in [0.1, 0.15) is 81.8 Å². The van der Waals surface area contributed by atoms with E-state index in [9.17, 15) is 63.7 Å². The van der Waals surface area contributed by atoms with Crippen molar-refractivity contribution < 1.29 is 58.5 Å². The quantitative estimate of drug-likeness (QED) is 0.0128. The number of amides is 8. The summed E-state index contributed by atoms with van der Waals surface area (Å²) in [4.78, 5) is 127. The maximum atomic E-state index is 14.3. The van der Waals surface area contributed by atoms with E-state index in [1.54, 1.807) is 12.1 Å². The monoisotopic (exact) mass is 1100 g/mol. The summed E-state index contributed by atoms with van der Waals surface area (Å²) in [5.41, 5.74) is 45.1. The van der Waals surface area contributed by atoms with Crippen LogP contribution in [0.25, 0.3) is 0 Å². The lowest BCUT2D eigenvalue weighted by molar-refractivity contribution is -0.142. The molecule has 1 aromatic carbocycles. The molecule has 0 spiro atoms. The van der Waals surface area contributed by atoms with Gasteiger partial charge in [0.15, 0.2) is 5.96 Å². The zero-order valence-corrected chi connectivity index (χ0v) is 43.7. The fourth-order valence-electron chi connectivity index (χ4n) is 7.97. The summed E-state index contributed by atoms with van der Waals surface area (Å²) < 4.78 is 0. The van der Waals surface area contributed by atoms with E-state index < -0.39 is 133 Å². The Balaban J connectivity index is 2.34. The van der Waals surface area contributed by atoms with Crippen LogP contribution in [-0.2, 0) is 49.6 Å². The maximum Gasteiger partial charge on any atom is 0.352 e. The topological polar surface area (TPSA) is 546 Å². The van der Waals surface area contributed by atoms with Gasteiger partial charge in [0.2, 0.25) is 47.3 Å². The predicted molar refractivity (Wildman–Crippen MR) is 284 cm³/mol. The molecule has 30 nitrogen and oxygen atoms in total. The third kappa shape index (κ3) is 23.1. The average Bonchev–Trinajstić information content (AvgIpc) is 3.92. The van der Waals surface area contributed by atoms with Crippen molar-refractivity contribution in [3.05, 3.63) is 47.2 Å². The fraction of sp³-hybridized carbons (Fsp3) is 0.604. The Bertz CT molecular complexity index is 2260. The number of nitrogens with two attached hydrogens (primary N) is 8. The van der Waals surface area contributed by atoms with E-state index in [1.807, 2.05) is 6.07 Å². The highest BCUT2D eigenvalue weighted by molar-refractivity contribution is 5.99. The lowest BCUT2D eigenvalue weighted by Crippen LogP contribution is -2.63. The number of rotatable bonds is 36. The number of nitrogens with zero attached hydrogens (tertiary/aromatic N) is 3. The molecule has 2 rings (SSSR count). The van der Waals surface area contributed by atoms with Crippen LogP contribution in [0.5, 0.6) is 0 Å². The molecule has 1 aromatic rings. The van der Waals surface area contributed by atoms with Gasteiger partial charge in [-0.2, -0.15) is 5.26 Å². The molecule has 26 N–H and O–H groups in total. The van der Waals surface area contributed by atoms with Crippen LogP contribution in [0.4, 0.5) is 0 Å². The Morgan fingerprint density at radius 2 is 1.31 bits per heavy atom. The van der Waals surface area contributed by atoms with Crippen molar-refractivity contribution in [2.24, 2.45) is 50.9 Å². The normalized spacial score (nSPS) is 16.3. The van der Waals surface area contributed by atoms with Crippen molar-refractivity contribution in [2.75, 3.05) is 52.4 Å². The van der Waals surface area contributed by atoms with E-state index in [0.717, 1.165) is 0 Å². The fourth-order valence-corrected chi connectivity index (χ4v) is 7.97. The number of hydrogen-bond acceptors (Lipinski definition) is 19. The summed E-state index contributed by atoms with van der Waals surface area (Å²) >= 11 is 0. The molecule has 0 aliphatic carbocycles. The maximum absolute atomic E-state index is 14.3. The smallest absolute Gasteiger partial charge is 0.352 e. The first-order chi connectivity index (χ1) is 37.2. The number of nitrogens with one attached hydrogen (secondary N) is 7. The number of aliphatic hydroxyl groups is 2. The molecule has 9 atom stereocenters. The summed E-state index contributed by atoms with van der Waals surface area (Å²) in [6.07, 6.45) is 0.355. The van der Waals surface area contributed by atoms with Crippen LogP contribution in [0.3, 0.4) is 0 Å². The Hall–Kier alpha value is -7.37. The average molecular weight is 1100 g/mol. The van der Waals surface area contributed by atoms with Gasteiger partial charge in [-0.3, -0.25) is 43.3 Å². The Morgan fingerprint density at radius 1 is 0.718 bits per heavy atom. The number of aliphatic hydroxyl groups excluding tert-OH is 2. The molecule has 8 amide bonds. The number of aliphatic carboxylic acids is 1. The molecule has 0 aromatic heterocycles. The number of carboxylic acid groups (broad SMARTS) is 1. The van der Waals surface area contributed by atoms with E-state index in [2.05, 4.69) is 42.2 Å². The molecule has 0 saturated carbocycles. The van der Waals surface area contributed by atoms with Gasteiger partial charge in [0.1, 0.15) is 41.9 Å². The van der Waals surface area contributed by atoms with Crippen molar-refractivity contribution in [3.63, 3.8) is 0 Å². The van der Waals surface area contributed by atoms with Gasteiger partial charge in [-0.1, -0.05) is 24.6 Å². The molecule has 1 aliphatic rings. The Morgan fingerprint density at radius 3 is 1.88 bits per heavy atom. The van der Waals surface area contributed by atoms with Crippen LogP contribution in [0.15, 0.2) is 41.0 Å². The zero-order valence-electron chi connectivity index (χ0n) is 43.7. The number of carbonyl (C=O) groups excluding carboxylic acids is 8. The van der Waals surface area contributed by atoms with Crippen LogP contribution in [0.2, 0.25) is 0 Å². The molecule has 0 bridgehead atoms. The van der Waals surface area contributed by atoms with Gasteiger partial charge < -0.3 is 103 Å². The van der Waals surface area contributed by atoms with Gasteiger partial charge in [0, 0.05) is 32.6 Å². The number of unbranched alkanes of at least 4 members (excludes halogenated alkanes) is 2. The van der Waals surface area contributed by atoms with Gasteiger partial charge in [-0.05, 0) is 102 Å². The van der Waals surface area contributed by atoms with Crippen LogP contribution in [-0.4, -0.2) is 186 Å². The van der Waals surface area contributed by atoms with Gasteiger partial charge in [0.25, 0.3) is 0 Å². The summed E-state index contributed by atoms with van der Waals surface area (Å²) in [5.74, 6) is -8.92. The third-order valence-electron chi connectivity index (χ3n) is 12.3. The largest absolute Gasteiger partial charge is 0.477 e. The molecule has 1 heterocycles. The molecule has 1 saturated heterocycles. The second kappa shape index (κ2) is 35.9. The first kappa shape index (κ1) is 66.7. The van der Waals surface area contributed by atoms with Gasteiger partial charge in [-0.15, -0.1) is 0 Å². The van der Waals surface area contributed by atoms with Crippen molar-refractivity contribution in [1.29, 1.82) is 5.26 Å². The first-order valence-corrected chi connectivity index (χ1v) is 25.7. The standard InChI is InChI=1S/C48H80N18O12/c49-17-3-1-8-29(55)40(70)64-39(36(68)25-54)45(75)65-38(35(67)24-53)44(74)59-26-37(69)60-31(10-5-19-51)46(76)66-21-7-12-34(66)43(73)63-33(22-27-13-15-28(23-52)16-14-27)42(72)61-30(9-2-4-18-50)41(71)62-32(47(77)78)11-6-20-58-48(56)57/h11,13-16,29-31,33-36,38-39,67-68H,1-10,12,17-22,24-26,49-51,53-55H2,(H,59,74)(H,60,69)(H,61,72)(H,62,71)(H,63,73)(H,64,70)(H,65,75)(H,77,78)(H4,56,57,58)/b32-11-/t29-,30-,31+,33-,34-,35-,36-,38-,39-/m0/s1. The van der Waals surface area contributed by atoms with E-state index >= 15 is 0 Å². The minimum atomic E-state index is -1.83. The van der Waals surface area contributed by atoms with E-state index in [4.69, 9.17) is 45.9 Å². The number of nitriles is 1. The molecule has 0 radical (unpaired) electrons. The molecular formula is C48H80N18O12. The molecule has 1 aliphatic heterocycles. The molecule has 1 fully saturated rings. The predicted octanol–water partition coefficient (Wildman–Crippen LogP) is -7.66. The zero-order chi connectivity index (χ0) is 58.3. The van der Waals surface area contributed by atoms with Gasteiger partial charge >= 0.3 is 5.97 Å². The Labute approximate surface area is 452 Å². The highest BCUT2D eigenvalue weighted by Gasteiger charge is 2.40. The minimum absolute atomic E-state index is 0.0127. The lowest BCUT2D eigenvalue weighted by Gasteiger charge is -2.30. The second-order valence-corrected chi connectivity index (χ2v) is 18.4. The number of guanidine groups is 1. The van der Waals surface area contributed by atoms with Gasteiger partial charge in [-0.25, -0.2) is 4.79 Å². The summed E-state index contributed by atoms with van der Waals surface area (Å²) in [6.45, 7) is -1.13. The Kier molecular flexibility index (Phi) is 30.7. The summed E-state index contributed by atoms with van der Waals surface area (Å²) in [5, 5.41) is 57.4. The molecule has 78 heavy (non-hydrogen) atoms. The van der Waals surface area contributed by atoms with Crippen molar-refractivity contribution in [2.45, 2.75) is 132 Å². The van der Waals surface area contributed by atoms with E-state index in [0.29, 0.717) is 49.8 Å². The lowest BCUT2D eigenvalue weighted by atomic mass is 10.0.